The average Bonchev–Trinajstić information content (AvgIpc) is 2.16. The van der Waals surface area contributed by atoms with Crippen LogP contribution in [0.1, 0.15) is 12.8 Å². The number of hydrogen-bond donors (Lipinski definition) is 0. The molecule has 0 aliphatic carbocycles. The van der Waals surface area contributed by atoms with Crippen molar-refractivity contribution < 1.29 is 9.53 Å². The molecule has 0 N–H and O–H groups in total. The first-order chi connectivity index (χ1) is 5.86. The topological polar surface area (TPSA) is 26.3 Å². The molecule has 0 radical (unpaired) electrons. The molecule has 0 aromatic carbocycles. The zero-order valence-electron chi connectivity index (χ0n) is 7.19. The summed E-state index contributed by atoms with van der Waals surface area (Å²) >= 11 is 3.89. The summed E-state index contributed by atoms with van der Waals surface area (Å²) in [5.74, 6) is 2.46. The lowest BCUT2D eigenvalue weighted by molar-refractivity contribution is -0.116. The zero-order chi connectivity index (χ0) is 8.81. The van der Waals surface area contributed by atoms with Gasteiger partial charge >= 0.3 is 0 Å². The van der Waals surface area contributed by atoms with E-state index < -0.39 is 0 Å². The van der Waals surface area contributed by atoms with Crippen LogP contribution in [0.5, 0.6) is 0 Å². The largest absolute Gasteiger partial charge is 0.374 e. The number of rotatable bonds is 4. The van der Waals surface area contributed by atoms with E-state index in [-0.39, 0.29) is 6.10 Å². The first-order valence-electron chi connectivity index (χ1n) is 4.08. The molecule has 12 heavy (non-hydrogen) atoms. The first kappa shape index (κ1) is 10.4. The molecule has 1 saturated heterocycles. The molecule has 1 heterocycles. The van der Waals surface area contributed by atoms with Gasteiger partial charge in [-0.15, -0.1) is 23.5 Å². The molecule has 0 bridgehead atoms. The lowest BCUT2D eigenvalue weighted by Crippen LogP contribution is -2.19. The van der Waals surface area contributed by atoms with Gasteiger partial charge in [0.1, 0.15) is 12.4 Å². The fourth-order valence-corrected chi connectivity index (χ4v) is 4.01. The minimum absolute atomic E-state index is 0.201. The summed E-state index contributed by atoms with van der Waals surface area (Å²) < 4.78 is 5.57. The van der Waals surface area contributed by atoms with E-state index in [1.54, 1.807) is 7.11 Å². The van der Waals surface area contributed by atoms with Crippen LogP contribution in [0.15, 0.2) is 0 Å². The maximum atomic E-state index is 10.5. The number of aldehydes is 1. The first-order valence-corrected chi connectivity index (χ1v) is 6.18. The van der Waals surface area contributed by atoms with Gasteiger partial charge in [-0.1, -0.05) is 0 Å². The number of hydrogen-bond acceptors (Lipinski definition) is 4. The number of carbonyl (C=O) groups is 1. The highest BCUT2D eigenvalue weighted by atomic mass is 32.2. The van der Waals surface area contributed by atoms with Crippen LogP contribution in [-0.4, -0.2) is 35.6 Å². The van der Waals surface area contributed by atoms with E-state index in [1.807, 2.05) is 23.5 Å². The minimum Gasteiger partial charge on any atom is -0.374 e. The van der Waals surface area contributed by atoms with Gasteiger partial charge in [0, 0.05) is 13.5 Å². The van der Waals surface area contributed by atoms with Crippen LogP contribution in [0.3, 0.4) is 0 Å². The summed E-state index contributed by atoms with van der Waals surface area (Å²) in [5.41, 5.74) is 0. The second-order valence-electron chi connectivity index (χ2n) is 2.67. The molecule has 2 nitrogen and oxygen atoms in total. The Labute approximate surface area is 81.8 Å². The van der Waals surface area contributed by atoms with Crippen molar-refractivity contribution in [2.24, 2.45) is 0 Å². The van der Waals surface area contributed by atoms with Gasteiger partial charge in [0.2, 0.25) is 0 Å². The molecule has 1 atom stereocenters. The molecule has 0 aromatic rings. The van der Waals surface area contributed by atoms with Crippen molar-refractivity contribution in [3.63, 3.8) is 0 Å². The van der Waals surface area contributed by atoms with Crippen LogP contribution in [-0.2, 0) is 9.53 Å². The molecule has 0 amide bonds. The monoisotopic (exact) mass is 206 g/mol. The van der Waals surface area contributed by atoms with Crippen molar-refractivity contribution in [3.05, 3.63) is 0 Å². The van der Waals surface area contributed by atoms with Gasteiger partial charge < -0.3 is 9.53 Å². The zero-order valence-corrected chi connectivity index (χ0v) is 8.83. The molecule has 1 fully saturated rings. The van der Waals surface area contributed by atoms with Gasteiger partial charge in [-0.3, -0.25) is 0 Å². The summed E-state index contributed by atoms with van der Waals surface area (Å²) in [6, 6.07) is 0. The Morgan fingerprint density at radius 3 is 2.75 bits per heavy atom. The number of ether oxygens (including phenoxy) is 1. The van der Waals surface area contributed by atoms with Gasteiger partial charge in [-0.25, -0.2) is 0 Å². The molecule has 4 heteroatoms. The third-order valence-electron chi connectivity index (χ3n) is 1.78. The average molecular weight is 206 g/mol. The maximum Gasteiger partial charge on any atom is 0.148 e. The Hall–Kier alpha value is 0.330. The van der Waals surface area contributed by atoms with Gasteiger partial charge in [-0.2, -0.15) is 0 Å². The number of carbonyl (C=O) groups excluding carboxylic acids is 1. The Morgan fingerprint density at radius 1 is 1.58 bits per heavy atom. The summed E-state index contributed by atoms with van der Waals surface area (Å²) in [5, 5.41) is 0. The van der Waals surface area contributed by atoms with Gasteiger partial charge in [0.15, 0.2) is 0 Å². The SMILES string of the molecule is CO[C@H](C=O)CC1SCCCS1. The van der Waals surface area contributed by atoms with E-state index in [9.17, 15) is 4.79 Å². The molecule has 0 spiro atoms. The van der Waals surface area contributed by atoms with Crippen molar-refractivity contribution in [3.8, 4) is 0 Å². The quantitative estimate of drug-likeness (QED) is 0.655. The summed E-state index contributed by atoms with van der Waals surface area (Å²) in [6.45, 7) is 0. The smallest absolute Gasteiger partial charge is 0.148 e. The van der Waals surface area contributed by atoms with Crippen LogP contribution in [0.25, 0.3) is 0 Å². The van der Waals surface area contributed by atoms with Crippen molar-refractivity contribution >= 4 is 29.8 Å². The Balaban J connectivity index is 2.22. The van der Waals surface area contributed by atoms with Crippen LogP contribution in [0.4, 0.5) is 0 Å². The van der Waals surface area contributed by atoms with E-state index >= 15 is 0 Å². The molecular formula is C8H14O2S2. The van der Waals surface area contributed by atoms with E-state index in [4.69, 9.17) is 4.74 Å². The minimum atomic E-state index is -0.201. The number of thioether (sulfide) groups is 2. The fourth-order valence-electron chi connectivity index (χ4n) is 1.07. The molecular weight excluding hydrogens is 192 g/mol. The Kier molecular flexibility index (Phi) is 5.11. The Morgan fingerprint density at radius 2 is 2.25 bits per heavy atom. The summed E-state index contributed by atoms with van der Waals surface area (Å²) in [4.78, 5) is 10.5. The van der Waals surface area contributed by atoms with Crippen LogP contribution < -0.4 is 0 Å². The molecule has 0 unspecified atom stereocenters. The van der Waals surface area contributed by atoms with Crippen LogP contribution in [0, 0.1) is 0 Å². The van der Waals surface area contributed by atoms with Crippen molar-refractivity contribution in [1.29, 1.82) is 0 Å². The summed E-state index contributed by atoms with van der Waals surface area (Å²) in [6.07, 6.45) is 2.85. The lowest BCUT2D eigenvalue weighted by atomic mass is 10.3. The van der Waals surface area contributed by atoms with Crippen molar-refractivity contribution in [1.82, 2.24) is 0 Å². The molecule has 70 valence electrons. The van der Waals surface area contributed by atoms with E-state index in [0.717, 1.165) is 12.7 Å². The maximum absolute atomic E-state index is 10.5. The Bertz CT molecular complexity index is 135. The number of methoxy groups -OCH3 is 1. The molecule has 0 saturated carbocycles. The lowest BCUT2D eigenvalue weighted by Gasteiger charge is -2.22. The fraction of sp³-hybridized carbons (Fsp3) is 0.875. The highest BCUT2D eigenvalue weighted by Crippen LogP contribution is 2.33. The molecule has 1 aliphatic heterocycles. The van der Waals surface area contributed by atoms with Crippen molar-refractivity contribution in [2.45, 2.75) is 23.5 Å². The highest BCUT2D eigenvalue weighted by molar-refractivity contribution is 8.17. The van der Waals surface area contributed by atoms with E-state index in [0.29, 0.717) is 4.58 Å². The van der Waals surface area contributed by atoms with E-state index in [1.165, 1.54) is 17.9 Å². The van der Waals surface area contributed by atoms with E-state index in [2.05, 4.69) is 0 Å². The van der Waals surface area contributed by atoms with Gasteiger partial charge in [0.05, 0.1) is 4.58 Å². The third kappa shape index (κ3) is 3.37. The highest BCUT2D eigenvalue weighted by Gasteiger charge is 2.18. The summed E-state index contributed by atoms with van der Waals surface area (Å²) in [7, 11) is 1.59. The predicted octanol–water partition coefficient (Wildman–Crippen LogP) is 1.79. The molecule has 1 rings (SSSR count). The van der Waals surface area contributed by atoms with Gasteiger partial charge in [0.25, 0.3) is 0 Å². The molecule has 0 aromatic heterocycles. The van der Waals surface area contributed by atoms with Gasteiger partial charge in [-0.05, 0) is 17.9 Å². The van der Waals surface area contributed by atoms with Crippen LogP contribution in [0.2, 0.25) is 0 Å². The third-order valence-corrected chi connectivity index (χ3v) is 4.77. The van der Waals surface area contributed by atoms with Crippen molar-refractivity contribution in [2.75, 3.05) is 18.6 Å². The molecule has 1 aliphatic rings. The standard InChI is InChI=1S/C8H14O2S2/c1-10-7(6-9)5-8-11-3-2-4-12-8/h6-8H,2-5H2,1H3/t7-/m0/s1. The normalized spacial score (nSPS) is 22.1. The second kappa shape index (κ2) is 5.89. The van der Waals surface area contributed by atoms with Crippen LogP contribution >= 0.6 is 23.5 Å². The second-order valence-corrected chi connectivity index (χ2v) is 5.59. The predicted molar refractivity (Wildman–Crippen MR) is 54.8 cm³/mol.